The summed E-state index contributed by atoms with van der Waals surface area (Å²) < 4.78 is 24.3. The summed E-state index contributed by atoms with van der Waals surface area (Å²) in [6.07, 6.45) is 0.0283. The Hall–Kier alpha value is -1.38. The van der Waals surface area contributed by atoms with Crippen molar-refractivity contribution < 1.29 is 59.2 Å². The Bertz CT molecular complexity index is 1380. The van der Waals surface area contributed by atoms with Crippen LogP contribution in [-0.2, 0) is 28.5 Å². The first kappa shape index (κ1) is 40.3. The lowest BCUT2D eigenvalue weighted by Crippen LogP contribution is -2.68. The molecule has 0 aromatic rings. The molecule has 6 rings (SSSR count). The van der Waals surface area contributed by atoms with Crippen LogP contribution in [0.1, 0.15) is 127 Å². The molecule has 15 atom stereocenters. The number of rotatable bonds is 10. The molecule has 1 saturated heterocycles. The van der Waals surface area contributed by atoms with Crippen LogP contribution in [0.5, 0.6) is 0 Å². The fourth-order valence-corrected chi connectivity index (χ4v) is 13.7. The second kappa shape index (κ2) is 13.1. The number of ether oxygens (including phenoxy) is 4. The van der Waals surface area contributed by atoms with Crippen molar-refractivity contribution in [3.63, 3.8) is 0 Å². The highest BCUT2D eigenvalue weighted by molar-refractivity contribution is 5.66. The molecule has 0 radical (unpaired) electrons. The van der Waals surface area contributed by atoms with Crippen LogP contribution in [0.3, 0.4) is 0 Å². The van der Waals surface area contributed by atoms with E-state index >= 15 is 0 Å². The minimum absolute atomic E-state index is 0.00600. The van der Waals surface area contributed by atoms with Gasteiger partial charge in [-0.1, -0.05) is 34.6 Å². The second-order valence-corrected chi connectivity index (χ2v) is 19.6. The summed E-state index contributed by atoms with van der Waals surface area (Å²) in [4.78, 5) is 23.9. The summed E-state index contributed by atoms with van der Waals surface area (Å²) in [5, 5.41) is 65.4. The van der Waals surface area contributed by atoms with Crippen molar-refractivity contribution in [3.05, 3.63) is 0 Å². The van der Waals surface area contributed by atoms with Gasteiger partial charge < -0.3 is 49.6 Å². The van der Waals surface area contributed by atoms with Gasteiger partial charge >= 0.3 is 11.9 Å². The molecule has 12 heteroatoms. The van der Waals surface area contributed by atoms with Crippen LogP contribution in [0.25, 0.3) is 0 Å². The zero-order valence-corrected chi connectivity index (χ0v) is 32.8. The van der Waals surface area contributed by atoms with Gasteiger partial charge in [0.1, 0.15) is 24.9 Å². The van der Waals surface area contributed by atoms with E-state index in [-0.39, 0.29) is 59.1 Å². The maximum atomic E-state index is 12.3. The minimum Gasteiger partial charge on any atom is -0.463 e. The third-order valence-electron chi connectivity index (χ3n) is 16.1. The zero-order chi connectivity index (χ0) is 38.6. The Morgan fingerprint density at radius 3 is 2.23 bits per heavy atom. The third-order valence-corrected chi connectivity index (χ3v) is 16.1. The molecule has 1 aliphatic heterocycles. The SMILES string of the molecule is CC(=O)OCC1CC(O)(O)[C@H](O)C(O[C@@H]2C[C@H]3C(C)(C)[C@H](OC(C)=O)CC[C@]3(C)[C@H]3CC[C@]45C[C@]4(CCC5[C@@H](C)CC(O)C(O)C(C)(C)O)[C@@]32C)O1. The highest BCUT2D eigenvalue weighted by Gasteiger charge is 2.85. The predicted molar refractivity (Wildman–Crippen MR) is 188 cm³/mol. The molecule has 12 nitrogen and oxygen atoms in total. The first-order valence-electron chi connectivity index (χ1n) is 19.7. The van der Waals surface area contributed by atoms with Crippen molar-refractivity contribution in [2.45, 2.75) is 181 Å². The Kier molecular flexibility index (Phi) is 10.2. The van der Waals surface area contributed by atoms with Gasteiger partial charge in [0.25, 0.3) is 0 Å². The largest absolute Gasteiger partial charge is 0.463 e. The van der Waals surface area contributed by atoms with E-state index in [1.54, 1.807) is 0 Å². The van der Waals surface area contributed by atoms with Gasteiger partial charge in [0, 0.05) is 31.1 Å². The maximum absolute atomic E-state index is 12.3. The Balaban J connectivity index is 1.36. The maximum Gasteiger partial charge on any atom is 0.302 e. The van der Waals surface area contributed by atoms with E-state index in [0.717, 1.165) is 44.9 Å². The van der Waals surface area contributed by atoms with Crippen molar-refractivity contribution >= 4 is 11.9 Å². The molecule has 1 heterocycles. The molecule has 6 fully saturated rings. The van der Waals surface area contributed by atoms with Gasteiger partial charge in [-0.15, -0.1) is 0 Å². The Labute approximate surface area is 308 Å². The van der Waals surface area contributed by atoms with Crippen molar-refractivity contribution in [2.24, 2.45) is 50.7 Å². The molecule has 6 aliphatic rings. The van der Waals surface area contributed by atoms with Crippen LogP contribution in [0.4, 0.5) is 0 Å². The molecule has 6 N–H and O–H groups in total. The lowest BCUT2D eigenvalue weighted by molar-refractivity contribution is -0.376. The van der Waals surface area contributed by atoms with Gasteiger partial charge in [0.2, 0.25) is 0 Å². The Morgan fingerprint density at radius 1 is 0.942 bits per heavy atom. The lowest BCUT2D eigenvalue weighted by atomic mass is 9.37. The monoisotopic (exact) mass is 738 g/mol. The minimum atomic E-state index is -2.53. The van der Waals surface area contributed by atoms with E-state index < -0.39 is 65.0 Å². The van der Waals surface area contributed by atoms with Crippen molar-refractivity contribution in [1.82, 2.24) is 0 Å². The van der Waals surface area contributed by atoms with E-state index in [0.29, 0.717) is 18.8 Å². The molecule has 52 heavy (non-hydrogen) atoms. The zero-order valence-electron chi connectivity index (χ0n) is 32.8. The molecule has 0 aromatic heterocycles. The smallest absolute Gasteiger partial charge is 0.302 e. The van der Waals surface area contributed by atoms with E-state index in [1.165, 1.54) is 27.7 Å². The summed E-state index contributed by atoms with van der Waals surface area (Å²) in [5.74, 6) is -2.70. The van der Waals surface area contributed by atoms with Gasteiger partial charge in [-0.25, -0.2) is 0 Å². The predicted octanol–water partition coefficient (Wildman–Crippen LogP) is 3.59. The van der Waals surface area contributed by atoms with Crippen LogP contribution in [0.15, 0.2) is 0 Å². The first-order valence-corrected chi connectivity index (χ1v) is 19.7. The van der Waals surface area contributed by atoms with Crippen LogP contribution < -0.4 is 0 Å². The number of hydrogen-bond acceptors (Lipinski definition) is 12. The van der Waals surface area contributed by atoms with E-state index in [4.69, 9.17) is 18.9 Å². The van der Waals surface area contributed by atoms with Crippen LogP contribution in [0.2, 0.25) is 0 Å². The van der Waals surface area contributed by atoms with Crippen LogP contribution in [-0.4, -0.2) is 103 Å². The summed E-state index contributed by atoms with van der Waals surface area (Å²) in [6.45, 7) is 16.8. The average molecular weight is 739 g/mol. The molecule has 0 amide bonds. The van der Waals surface area contributed by atoms with Gasteiger partial charge in [0.15, 0.2) is 18.2 Å². The number of hydrogen-bond donors (Lipinski definition) is 6. The van der Waals surface area contributed by atoms with E-state index in [2.05, 4.69) is 34.6 Å². The normalized spacial score (nSPS) is 46.4. The number of carbonyl (C=O) groups excluding carboxylic acids is 2. The molecule has 0 aromatic carbocycles. The summed E-state index contributed by atoms with van der Waals surface area (Å²) in [5.41, 5.74) is -2.45. The molecule has 5 saturated carbocycles. The van der Waals surface area contributed by atoms with Crippen LogP contribution in [0, 0.1) is 50.7 Å². The highest BCUT2D eigenvalue weighted by Crippen LogP contribution is 2.91. The average Bonchev–Trinajstić information content (AvgIpc) is 3.59. The third kappa shape index (κ3) is 6.08. The molecule has 298 valence electrons. The summed E-state index contributed by atoms with van der Waals surface area (Å²) in [7, 11) is 0. The number of aliphatic hydroxyl groups excluding tert-OH is 3. The van der Waals surface area contributed by atoms with Crippen molar-refractivity contribution in [2.75, 3.05) is 6.61 Å². The molecule has 0 bridgehead atoms. The van der Waals surface area contributed by atoms with Gasteiger partial charge in [0.05, 0.1) is 17.8 Å². The van der Waals surface area contributed by atoms with Gasteiger partial charge in [-0.3, -0.25) is 9.59 Å². The fourth-order valence-electron chi connectivity index (χ4n) is 13.7. The molecule has 5 unspecified atom stereocenters. The summed E-state index contributed by atoms with van der Waals surface area (Å²) in [6, 6.07) is 0. The number of carbonyl (C=O) groups is 2. The molecular weight excluding hydrogens is 672 g/mol. The van der Waals surface area contributed by atoms with Gasteiger partial charge in [-0.2, -0.15) is 0 Å². The first-order chi connectivity index (χ1) is 23.9. The fraction of sp³-hybridized carbons (Fsp3) is 0.950. The quantitative estimate of drug-likeness (QED) is 0.109. The summed E-state index contributed by atoms with van der Waals surface area (Å²) >= 11 is 0. The van der Waals surface area contributed by atoms with Crippen molar-refractivity contribution in [1.29, 1.82) is 0 Å². The number of esters is 2. The lowest BCUT2D eigenvalue weighted by Gasteiger charge is -2.69. The van der Waals surface area contributed by atoms with Crippen molar-refractivity contribution in [3.8, 4) is 0 Å². The van der Waals surface area contributed by atoms with E-state index in [1.807, 2.05) is 0 Å². The number of aliphatic hydroxyl groups is 6. The molecule has 5 aliphatic carbocycles. The van der Waals surface area contributed by atoms with Crippen LogP contribution >= 0.6 is 0 Å². The highest BCUT2D eigenvalue weighted by atomic mass is 16.7. The van der Waals surface area contributed by atoms with E-state index in [9.17, 15) is 40.2 Å². The standard InChI is InChI=1S/C40H66O12/c1-21(16-26(43)31(44)35(6,7)46)25-10-15-39-20-38(25,39)14-11-27-36(8)13-12-29(50-23(3)42)34(4,5)28(36)17-30(37(27,39)9)52-33-32(45)40(47,48)18-24(51-33)19-49-22(2)41/h21,24-33,43-48H,10-20H2,1-9H3/t21-,24?,25?,26?,27+,28-,29+,30+,31?,32+,33?,36+,37-,38+,39+/m0/s1. The number of fused-ring (bicyclic) bond motifs is 3. The van der Waals surface area contributed by atoms with Gasteiger partial charge in [-0.05, 0) is 112 Å². The molecule has 0 spiro atoms. The molecular formula is C40H66O12. The Morgan fingerprint density at radius 2 is 1.62 bits per heavy atom. The topological polar surface area (TPSA) is 192 Å². The second-order valence-electron chi connectivity index (χ2n) is 19.6.